The summed E-state index contributed by atoms with van der Waals surface area (Å²) in [6.45, 7) is 11.8. The predicted octanol–water partition coefficient (Wildman–Crippen LogP) is 3.13. The second-order valence-corrected chi connectivity index (χ2v) is 6.87. The van der Waals surface area contributed by atoms with Crippen LogP contribution < -0.4 is 10.2 Å². The van der Waals surface area contributed by atoms with E-state index in [1.807, 2.05) is 12.4 Å². The van der Waals surface area contributed by atoms with Crippen molar-refractivity contribution in [3.63, 3.8) is 0 Å². The van der Waals surface area contributed by atoms with Gasteiger partial charge in [0.2, 0.25) is 0 Å². The van der Waals surface area contributed by atoms with E-state index in [0.29, 0.717) is 12.1 Å². The molecule has 2 atom stereocenters. The SMILES string of the molecule is CCC1CCC(C)N1c1cncc(CNC(C)(C)C)n1. The molecule has 1 aliphatic rings. The molecule has 1 fully saturated rings. The summed E-state index contributed by atoms with van der Waals surface area (Å²) >= 11 is 0. The van der Waals surface area contributed by atoms with Gasteiger partial charge in [0.1, 0.15) is 5.82 Å². The summed E-state index contributed by atoms with van der Waals surface area (Å²) in [6.07, 6.45) is 7.47. The van der Waals surface area contributed by atoms with E-state index in [1.54, 1.807) is 0 Å². The average molecular weight is 276 g/mol. The third-order valence-electron chi connectivity index (χ3n) is 3.99. The molecule has 112 valence electrons. The van der Waals surface area contributed by atoms with Crippen molar-refractivity contribution in [1.82, 2.24) is 15.3 Å². The second-order valence-electron chi connectivity index (χ2n) is 6.87. The van der Waals surface area contributed by atoms with Crippen LogP contribution in [0.2, 0.25) is 0 Å². The minimum absolute atomic E-state index is 0.102. The molecule has 1 saturated heterocycles. The molecule has 0 bridgehead atoms. The van der Waals surface area contributed by atoms with Crippen molar-refractivity contribution in [2.75, 3.05) is 4.90 Å². The predicted molar refractivity (Wildman–Crippen MR) is 83.9 cm³/mol. The Hall–Kier alpha value is -1.16. The van der Waals surface area contributed by atoms with Gasteiger partial charge >= 0.3 is 0 Å². The van der Waals surface area contributed by atoms with Crippen molar-refractivity contribution >= 4 is 5.82 Å². The summed E-state index contributed by atoms with van der Waals surface area (Å²) in [5.74, 6) is 1.04. The molecule has 2 unspecified atom stereocenters. The fourth-order valence-electron chi connectivity index (χ4n) is 2.85. The van der Waals surface area contributed by atoms with Crippen molar-refractivity contribution in [2.45, 2.75) is 78.0 Å². The standard InChI is InChI=1S/C16H28N4/c1-6-14-8-7-12(2)20(14)15-11-17-9-13(19-15)10-18-16(3,4)5/h9,11-12,14,18H,6-8,10H2,1-5H3. The maximum absolute atomic E-state index is 4.81. The molecule has 0 aromatic carbocycles. The molecular weight excluding hydrogens is 248 g/mol. The van der Waals surface area contributed by atoms with Crippen LogP contribution in [0, 0.1) is 0 Å². The molecule has 2 rings (SSSR count). The van der Waals surface area contributed by atoms with E-state index in [9.17, 15) is 0 Å². The third kappa shape index (κ3) is 3.69. The first-order valence-electron chi connectivity index (χ1n) is 7.75. The highest BCUT2D eigenvalue weighted by molar-refractivity contribution is 5.41. The zero-order chi connectivity index (χ0) is 14.8. The van der Waals surface area contributed by atoms with Gasteiger partial charge in [0, 0.05) is 30.4 Å². The summed E-state index contributed by atoms with van der Waals surface area (Å²) < 4.78 is 0. The number of nitrogens with zero attached hydrogens (tertiary/aromatic N) is 3. The van der Waals surface area contributed by atoms with Gasteiger partial charge in [-0.2, -0.15) is 0 Å². The van der Waals surface area contributed by atoms with E-state index >= 15 is 0 Å². The summed E-state index contributed by atoms with van der Waals surface area (Å²) in [5, 5.41) is 3.47. The lowest BCUT2D eigenvalue weighted by Crippen LogP contribution is -2.37. The van der Waals surface area contributed by atoms with Gasteiger partial charge in [-0.15, -0.1) is 0 Å². The molecule has 0 radical (unpaired) electrons. The van der Waals surface area contributed by atoms with Crippen LogP contribution in [0.5, 0.6) is 0 Å². The fourth-order valence-corrected chi connectivity index (χ4v) is 2.85. The molecule has 2 heterocycles. The molecule has 20 heavy (non-hydrogen) atoms. The fraction of sp³-hybridized carbons (Fsp3) is 0.750. The number of nitrogens with one attached hydrogen (secondary N) is 1. The summed E-state index contributed by atoms with van der Waals surface area (Å²) in [5.41, 5.74) is 1.12. The van der Waals surface area contributed by atoms with E-state index in [0.717, 1.165) is 18.1 Å². The smallest absolute Gasteiger partial charge is 0.147 e. The van der Waals surface area contributed by atoms with E-state index in [-0.39, 0.29) is 5.54 Å². The molecule has 0 amide bonds. The highest BCUT2D eigenvalue weighted by Gasteiger charge is 2.30. The quantitative estimate of drug-likeness (QED) is 0.917. The number of hydrogen-bond acceptors (Lipinski definition) is 4. The van der Waals surface area contributed by atoms with Crippen molar-refractivity contribution in [3.05, 3.63) is 18.1 Å². The molecule has 4 heteroatoms. The first kappa shape index (κ1) is 15.2. The molecule has 0 spiro atoms. The molecule has 1 aromatic heterocycles. The molecular formula is C16H28N4. The van der Waals surface area contributed by atoms with Crippen LogP contribution in [0.4, 0.5) is 5.82 Å². The van der Waals surface area contributed by atoms with E-state index in [4.69, 9.17) is 4.98 Å². The van der Waals surface area contributed by atoms with Crippen LogP contribution in [-0.2, 0) is 6.54 Å². The maximum atomic E-state index is 4.81. The number of aromatic nitrogens is 2. The Labute approximate surface area is 123 Å². The van der Waals surface area contributed by atoms with Crippen molar-refractivity contribution in [2.24, 2.45) is 0 Å². The molecule has 1 aromatic rings. The summed E-state index contributed by atoms with van der Waals surface area (Å²) in [6, 6.07) is 1.19. The molecule has 1 N–H and O–H groups in total. The average Bonchev–Trinajstić information content (AvgIpc) is 2.77. The van der Waals surface area contributed by atoms with Crippen LogP contribution in [0.1, 0.15) is 59.6 Å². The topological polar surface area (TPSA) is 41.1 Å². The number of anilines is 1. The summed E-state index contributed by atoms with van der Waals surface area (Å²) in [4.78, 5) is 11.6. The first-order chi connectivity index (χ1) is 9.40. The van der Waals surface area contributed by atoms with E-state index < -0.39 is 0 Å². The normalized spacial score (nSPS) is 23.4. The van der Waals surface area contributed by atoms with Gasteiger partial charge in [0.25, 0.3) is 0 Å². The van der Waals surface area contributed by atoms with Crippen LogP contribution in [-0.4, -0.2) is 27.6 Å². The molecule has 1 aliphatic heterocycles. The third-order valence-corrected chi connectivity index (χ3v) is 3.99. The Bertz CT molecular complexity index is 438. The highest BCUT2D eigenvalue weighted by atomic mass is 15.3. The number of rotatable bonds is 4. The van der Waals surface area contributed by atoms with Crippen molar-refractivity contribution in [1.29, 1.82) is 0 Å². The summed E-state index contributed by atoms with van der Waals surface area (Å²) in [7, 11) is 0. The lowest BCUT2D eigenvalue weighted by atomic mass is 10.1. The highest BCUT2D eigenvalue weighted by Crippen LogP contribution is 2.30. The molecule has 4 nitrogen and oxygen atoms in total. The Morgan fingerprint density at radius 3 is 2.70 bits per heavy atom. The maximum Gasteiger partial charge on any atom is 0.147 e. The van der Waals surface area contributed by atoms with Gasteiger partial charge in [-0.05, 0) is 47.0 Å². The lowest BCUT2D eigenvalue weighted by Gasteiger charge is -2.29. The Morgan fingerprint density at radius 2 is 2.05 bits per heavy atom. The minimum atomic E-state index is 0.102. The first-order valence-corrected chi connectivity index (χ1v) is 7.75. The number of hydrogen-bond donors (Lipinski definition) is 1. The van der Waals surface area contributed by atoms with Crippen molar-refractivity contribution < 1.29 is 0 Å². The monoisotopic (exact) mass is 276 g/mol. The van der Waals surface area contributed by atoms with Crippen LogP contribution in [0.15, 0.2) is 12.4 Å². The minimum Gasteiger partial charge on any atom is -0.350 e. The van der Waals surface area contributed by atoms with Gasteiger partial charge in [0.05, 0.1) is 11.9 Å². The second kappa shape index (κ2) is 6.08. The van der Waals surface area contributed by atoms with E-state index in [2.05, 4.69) is 49.8 Å². The van der Waals surface area contributed by atoms with Crippen LogP contribution >= 0.6 is 0 Å². The Kier molecular flexibility index (Phi) is 4.63. The largest absolute Gasteiger partial charge is 0.350 e. The molecule has 0 saturated carbocycles. The Morgan fingerprint density at radius 1 is 1.30 bits per heavy atom. The molecule has 0 aliphatic carbocycles. The lowest BCUT2D eigenvalue weighted by molar-refractivity contribution is 0.420. The van der Waals surface area contributed by atoms with Gasteiger partial charge in [-0.25, -0.2) is 4.98 Å². The van der Waals surface area contributed by atoms with Crippen molar-refractivity contribution in [3.8, 4) is 0 Å². The van der Waals surface area contributed by atoms with Gasteiger partial charge < -0.3 is 10.2 Å². The van der Waals surface area contributed by atoms with E-state index in [1.165, 1.54) is 19.3 Å². The van der Waals surface area contributed by atoms with Crippen LogP contribution in [0.3, 0.4) is 0 Å². The van der Waals surface area contributed by atoms with Gasteiger partial charge in [-0.3, -0.25) is 4.98 Å². The van der Waals surface area contributed by atoms with Gasteiger partial charge in [-0.1, -0.05) is 6.92 Å². The van der Waals surface area contributed by atoms with Gasteiger partial charge in [0.15, 0.2) is 0 Å². The van der Waals surface area contributed by atoms with Crippen LogP contribution in [0.25, 0.3) is 0 Å². The zero-order valence-corrected chi connectivity index (χ0v) is 13.5. The zero-order valence-electron chi connectivity index (χ0n) is 13.5. The Balaban J connectivity index is 2.13.